The molecule has 0 spiro atoms. The number of aromatic nitrogens is 1. The molecule has 1 N–H and O–H groups in total. The molecule has 0 atom stereocenters. The Morgan fingerprint density at radius 3 is 2.94 bits per heavy atom. The van der Waals surface area contributed by atoms with Crippen LogP contribution in [0.5, 0.6) is 5.75 Å². The van der Waals surface area contributed by atoms with Gasteiger partial charge in [0.15, 0.2) is 0 Å². The van der Waals surface area contributed by atoms with Crippen LogP contribution in [-0.2, 0) is 6.42 Å². The van der Waals surface area contributed by atoms with Gasteiger partial charge < -0.3 is 5.11 Å². The minimum atomic E-state index is 0.182. The Kier molecular flexibility index (Phi) is 3.30. The van der Waals surface area contributed by atoms with E-state index in [1.165, 1.54) is 0 Å². The van der Waals surface area contributed by atoms with Crippen molar-refractivity contribution in [2.75, 3.05) is 0 Å². The van der Waals surface area contributed by atoms with Gasteiger partial charge in [-0.3, -0.25) is 4.98 Å². The lowest BCUT2D eigenvalue weighted by molar-refractivity contribution is 0.480. The maximum absolute atomic E-state index is 9.64. The first-order chi connectivity index (χ1) is 7.74. The number of halogens is 1. The Morgan fingerprint density at radius 1 is 1.38 bits per heavy atom. The first-order valence-corrected chi connectivity index (χ1v) is 5.87. The predicted molar refractivity (Wildman–Crippen MR) is 67.0 cm³/mol. The van der Waals surface area contributed by atoms with E-state index in [1.54, 1.807) is 18.3 Å². The van der Waals surface area contributed by atoms with Crippen molar-refractivity contribution in [2.24, 2.45) is 0 Å². The van der Waals surface area contributed by atoms with Crippen LogP contribution < -0.4 is 0 Å². The summed E-state index contributed by atoms with van der Waals surface area (Å²) in [4.78, 5) is 4.26. The molecule has 2 rings (SSSR count). The lowest BCUT2D eigenvalue weighted by atomic mass is 10.1. The molecule has 0 saturated heterocycles. The van der Waals surface area contributed by atoms with Crippen molar-refractivity contribution in [3.05, 3.63) is 35.0 Å². The number of fused-ring (bicyclic) bond motifs is 1. The average molecular weight is 236 g/mol. The zero-order chi connectivity index (χ0) is 11.5. The molecule has 3 heteroatoms. The molecule has 1 heterocycles. The Balaban J connectivity index is 2.52. The third-order valence-electron chi connectivity index (χ3n) is 2.68. The van der Waals surface area contributed by atoms with E-state index in [0.717, 1.165) is 30.2 Å². The van der Waals surface area contributed by atoms with Gasteiger partial charge in [-0.15, -0.1) is 0 Å². The van der Waals surface area contributed by atoms with Gasteiger partial charge in [-0.1, -0.05) is 37.1 Å². The Bertz CT molecular complexity index is 511. The molecule has 0 aliphatic heterocycles. The number of hydrogen-bond donors (Lipinski definition) is 1. The summed E-state index contributed by atoms with van der Waals surface area (Å²) in [6, 6.07) is 5.30. The highest BCUT2D eigenvalue weighted by atomic mass is 35.5. The summed E-state index contributed by atoms with van der Waals surface area (Å²) in [6.45, 7) is 2.15. The number of benzene rings is 1. The topological polar surface area (TPSA) is 33.1 Å². The summed E-state index contributed by atoms with van der Waals surface area (Å²) in [5.41, 5.74) is 1.63. The molecule has 0 radical (unpaired) electrons. The van der Waals surface area contributed by atoms with Gasteiger partial charge in [-0.2, -0.15) is 0 Å². The molecule has 1 aromatic heterocycles. The Hall–Kier alpha value is -1.28. The van der Waals surface area contributed by atoms with Crippen LogP contribution in [0.25, 0.3) is 10.9 Å². The fraction of sp³-hybridized carbons (Fsp3) is 0.308. The SMILES string of the molecule is CCCCc1cnc2c(O)cccc2c1Cl. The highest BCUT2D eigenvalue weighted by Gasteiger charge is 2.08. The van der Waals surface area contributed by atoms with E-state index in [4.69, 9.17) is 11.6 Å². The summed E-state index contributed by atoms with van der Waals surface area (Å²) >= 11 is 6.30. The molecular formula is C13H14ClNO. The number of rotatable bonds is 3. The molecule has 0 saturated carbocycles. The van der Waals surface area contributed by atoms with E-state index in [9.17, 15) is 5.11 Å². The zero-order valence-electron chi connectivity index (χ0n) is 9.20. The van der Waals surface area contributed by atoms with Gasteiger partial charge >= 0.3 is 0 Å². The van der Waals surface area contributed by atoms with Crippen molar-refractivity contribution in [3.63, 3.8) is 0 Å². The van der Waals surface area contributed by atoms with E-state index in [-0.39, 0.29) is 5.75 Å². The first-order valence-electron chi connectivity index (χ1n) is 5.49. The second-order valence-electron chi connectivity index (χ2n) is 3.87. The standard InChI is InChI=1S/C13H14ClNO/c1-2-3-5-9-8-15-13-10(12(9)14)6-4-7-11(13)16/h4,6-8,16H,2-3,5H2,1H3. The highest BCUT2D eigenvalue weighted by molar-refractivity contribution is 6.36. The van der Waals surface area contributed by atoms with E-state index >= 15 is 0 Å². The Labute approximate surface area is 99.9 Å². The number of pyridine rings is 1. The largest absolute Gasteiger partial charge is 0.506 e. The summed E-state index contributed by atoms with van der Waals surface area (Å²) in [5.74, 6) is 0.182. The van der Waals surface area contributed by atoms with Crippen LogP contribution in [0, 0.1) is 0 Å². The molecule has 2 aromatic rings. The lowest BCUT2D eigenvalue weighted by Crippen LogP contribution is -1.90. The van der Waals surface area contributed by atoms with Gasteiger partial charge in [0.25, 0.3) is 0 Å². The lowest BCUT2D eigenvalue weighted by Gasteiger charge is -2.07. The number of unbranched alkanes of at least 4 members (excludes halogenated alkanes) is 1. The van der Waals surface area contributed by atoms with E-state index in [0.29, 0.717) is 10.5 Å². The van der Waals surface area contributed by atoms with Crippen LogP contribution in [0.3, 0.4) is 0 Å². The van der Waals surface area contributed by atoms with Gasteiger partial charge in [0.05, 0.1) is 5.02 Å². The maximum atomic E-state index is 9.64. The van der Waals surface area contributed by atoms with E-state index < -0.39 is 0 Å². The van der Waals surface area contributed by atoms with E-state index in [1.807, 2.05) is 6.07 Å². The van der Waals surface area contributed by atoms with Crippen molar-refractivity contribution >= 4 is 22.5 Å². The van der Waals surface area contributed by atoms with E-state index in [2.05, 4.69) is 11.9 Å². The predicted octanol–water partition coefficient (Wildman–Crippen LogP) is 3.94. The number of para-hydroxylation sites is 1. The fourth-order valence-corrected chi connectivity index (χ4v) is 2.05. The van der Waals surface area contributed by atoms with Gasteiger partial charge in [-0.25, -0.2) is 0 Å². The molecule has 0 aliphatic rings. The normalized spacial score (nSPS) is 10.9. The zero-order valence-corrected chi connectivity index (χ0v) is 9.96. The fourth-order valence-electron chi connectivity index (χ4n) is 1.76. The number of hydrogen-bond acceptors (Lipinski definition) is 2. The second kappa shape index (κ2) is 4.71. The van der Waals surface area contributed by atoms with Crippen molar-refractivity contribution in [3.8, 4) is 5.75 Å². The molecule has 0 bridgehead atoms. The molecule has 0 fully saturated rings. The average Bonchev–Trinajstić information content (AvgIpc) is 2.29. The molecule has 1 aromatic carbocycles. The van der Waals surface area contributed by atoms with Crippen molar-refractivity contribution < 1.29 is 5.11 Å². The monoisotopic (exact) mass is 235 g/mol. The van der Waals surface area contributed by atoms with Crippen molar-refractivity contribution in [1.82, 2.24) is 4.98 Å². The number of phenolic OH excluding ortho intramolecular Hbond substituents is 1. The summed E-state index contributed by atoms with van der Waals surface area (Å²) < 4.78 is 0. The smallest absolute Gasteiger partial charge is 0.141 e. The van der Waals surface area contributed by atoms with Crippen LogP contribution in [0.15, 0.2) is 24.4 Å². The van der Waals surface area contributed by atoms with Crippen LogP contribution in [-0.4, -0.2) is 10.1 Å². The molecule has 84 valence electrons. The number of phenols is 1. The molecule has 0 unspecified atom stereocenters. The van der Waals surface area contributed by atoms with Crippen molar-refractivity contribution in [1.29, 1.82) is 0 Å². The van der Waals surface area contributed by atoms with Crippen LogP contribution in [0.1, 0.15) is 25.3 Å². The summed E-state index contributed by atoms with van der Waals surface area (Å²) in [6.07, 6.45) is 4.94. The van der Waals surface area contributed by atoms with Gasteiger partial charge in [0, 0.05) is 11.6 Å². The minimum absolute atomic E-state index is 0.182. The molecule has 0 amide bonds. The quantitative estimate of drug-likeness (QED) is 0.874. The highest BCUT2D eigenvalue weighted by Crippen LogP contribution is 2.30. The molecule has 2 nitrogen and oxygen atoms in total. The summed E-state index contributed by atoms with van der Waals surface area (Å²) in [5, 5.41) is 11.2. The first kappa shape index (κ1) is 11.2. The number of nitrogens with zero attached hydrogens (tertiary/aromatic N) is 1. The summed E-state index contributed by atoms with van der Waals surface area (Å²) in [7, 11) is 0. The minimum Gasteiger partial charge on any atom is -0.506 e. The molecule has 0 aliphatic carbocycles. The maximum Gasteiger partial charge on any atom is 0.141 e. The van der Waals surface area contributed by atoms with Crippen LogP contribution in [0.4, 0.5) is 0 Å². The molecular weight excluding hydrogens is 222 g/mol. The number of aryl methyl sites for hydroxylation is 1. The number of aromatic hydroxyl groups is 1. The van der Waals surface area contributed by atoms with Crippen LogP contribution >= 0.6 is 11.6 Å². The van der Waals surface area contributed by atoms with Gasteiger partial charge in [0.2, 0.25) is 0 Å². The van der Waals surface area contributed by atoms with Crippen LogP contribution in [0.2, 0.25) is 5.02 Å². The van der Waals surface area contributed by atoms with Crippen molar-refractivity contribution in [2.45, 2.75) is 26.2 Å². The third kappa shape index (κ3) is 1.98. The van der Waals surface area contributed by atoms with Gasteiger partial charge in [0.1, 0.15) is 11.3 Å². The second-order valence-corrected chi connectivity index (χ2v) is 4.25. The Morgan fingerprint density at radius 2 is 2.19 bits per heavy atom. The van der Waals surface area contributed by atoms with Gasteiger partial charge in [-0.05, 0) is 24.5 Å². The third-order valence-corrected chi connectivity index (χ3v) is 3.13. The molecule has 16 heavy (non-hydrogen) atoms.